The number of benzene rings is 1. The zero-order chi connectivity index (χ0) is 16.0. The zero-order valence-electron chi connectivity index (χ0n) is 13.6. The standard InChI is InChI=1S/C17H27BrO3/c1-12(17(2,3)4)10-15(19)13-6-7-16(14(18)11-13)21-9-8-20-5/h6-7,11-12,15,19H,8-10H2,1-5H3. The number of halogens is 1. The van der Waals surface area contributed by atoms with E-state index in [-0.39, 0.29) is 5.41 Å². The molecule has 1 rings (SSSR count). The summed E-state index contributed by atoms with van der Waals surface area (Å²) < 4.78 is 11.4. The fraction of sp³-hybridized carbons (Fsp3) is 0.647. The predicted octanol–water partition coefficient (Wildman–Crippen LogP) is 4.58. The molecule has 0 aliphatic rings. The first-order valence-electron chi connectivity index (χ1n) is 7.35. The van der Waals surface area contributed by atoms with Gasteiger partial charge in [0.2, 0.25) is 0 Å². The first-order chi connectivity index (χ1) is 9.75. The van der Waals surface area contributed by atoms with Gasteiger partial charge in [0.1, 0.15) is 12.4 Å². The molecule has 0 saturated carbocycles. The average molecular weight is 359 g/mol. The van der Waals surface area contributed by atoms with E-state index in [1.165, 1.54) is 0 Å². The fourth-order valence-corrected chi connectivity index (χ4v) is 2.41. The van der Waals surface area contributed by atoms with E-state index in [4.69, 9.17) is 9.47 Å². The molecule has 2 unspecified atom stereocenters. The van der Waals surface area contributed by atoms with Gasteiger partial charge in [-0.3, -0.25) is 0 Å². The van der Waals surface area contributed by atoms with Crippen LogP contribution in [-0.4, -0.2) is 25.4 Å². The van der Waals surface area contributed by atoms with E-state index in [2.05, 4.69) is 43.6 Å². The van der Waals surface area contributed by atoms with Crippen molar-refractivity contribution in [3.63, 3.8) is 0 Å². The van der Waals surface area contributed by atoms with Crippen LogP contribution in [0.25, 0.3) is 0 Å². The molecule has 1 aromatic rings. The van der Waals surface area contributed by atoms with Crippen molar-refractivity contribution in [2.75, 3.05) is 20.3 Å². The van der Waals surface area contributed by atoms with Crippen molar-refractivity contribution in [1.82, 2.24) is 0 Å². The monoisotopic (exact) mass is 358 g/mol. The van der Waals surface area contributed by atoms with E-state index in [0.29, 0.717) is 19.1 Å². The minimum Gasteiger partial charge on any atom is -0.490 e. The van der Waals surface area contributed by atoms with E-state index in [9.17, 15) is 5.11 Å². The van der Waals surface area contributed by atoms with Gasteiger partial charge in [0, 0.05) is 7.11 Å². The van der Waals surface area contributed by atoms with Crippen molar-refractivity contribution in [1.29, 1.82) is 0 Å². The maximum Gasteiger partial charge on any atom is 0.133 e. The Labute approximate surface area is 136 Å². The van der Waals surface area contributed by atoms with E-state index < -0.39 is 6.10 Å². The van der Waals surface area contributed by atoms with Crippen molar-refractivity contribution in [3.8, 4) is 5.75 Å². The topological polar surface area (TPSA) is 38.7 Å². The van der Waals surface area contributed by atoms with Crippen molar-refractivity contribution >= 4 is 15.9 Å². The first kappa shape index (κ1) is 18.5. The zero-order valence-corrected chi connectivity index (χ0v) is 15.2. The largest absolute Gasteiger partial charge is 0.490 e. The van der Waals surface area contributed by atoms with Gasteiger partial charge in [0.25, 0.3) is 0 Å². The van der Waals surface area contributed by atoms with Crippen LogP contribution in [0.5, 0.6) is 5.75 Å². The highest BCUT2D eigenvalue weighted by Crippen LogP contribution is 2.35. The van der Waals surface area contributed by atoms with Gasteiger partial charge in [0.15, 0.2) is 0 Å². The van der Waals surface area contributed by atoms with Gasteiger partial charge in [-0.1, -0.05) is 33.8 Å². The molecule has 4 heteroatoms. The van der Waals surface area contributed by atoms with Crippen LogP contribution in [0.15, 0.2) is 22.7 Å². The molecule has 0 bridgehead atoms. The number of hydrogen-bond donors (Lipinski definition) is 1. The smallest absolute Gasteiger partial charge is 0.133 e. The normalized spacial score (nSPS) is 14.8. The molecule has 0 saturated heterocycles. The molecule has 0 fully saturated rings. The molecule has 21 heavy (non-hydrogen) atoms. The Morgan fingerprint density at radius 3 is 2.43 bits per heavy atom. The molecule has 0 aliphatic carbocycles. The third-order valence-electron chi connectivity index (χ3n) is 3.94. The van der Waals surface area contributed by atoms with E-state index in [0.717, 1.165) is 22.2 Å². The van der Waals surface area contributed by atoms with Gasteiger partial charge in [-0.15, -0.1) is 0 Å². The number of ether oxygens (including phenoxy) is 2. The molecular weight excluding hydrogens is 332 g/mol. The summed E-state index contributed by atoms with van der Waals surface area (Å²) in [6.07, 6.45) is 0.295. The molecule has 0 amide bonds. The lowest BCUT2D eigenvalue weighted by Crippen LogP contribution is -2.19. The molecule has 2 atom stereocenters. The quantitative estimate of drug-likeness (QED) is 0.725. The Hall–Kier alpha value is -0.580. The van der Waals surface area contributed by atoms with Crippen molar-refractivity contribution in [3.05, 3.63) is 28.2 Å². The van der Waals surface area contributed by atoms with Crippen molar-refractivity contribution in [2.45, 2.75) is 40.2 Å². The van der Waals surface area contributed by atoms with Crippen LogP contribution in [0, 0.1) is 11.3 Å². The molecule has 0 aromatic heterocycles. The summed E-state index contributed by atoms with van der Waals surface area (Å²) in [7, 11) is 1.65. The Kier molecular flexibility index (Phi) is 7.17. The van der Waals surface area contributed by atoms with Gasteiger partial charge in [0.05, 0.1) is 17.2 Å². The summed E-state index contributed by atoms with van der Waals surface area (Å²) in [5, 5.41) is 10.4. The number of rotatable bonds is 7. The molecule has 120 valence electrons. The third kappa shape index (κ3) is 5.97. The highest BCUT2D eigenvalue weighted by Gasteiger charge is 2.23. The van der Waals surface area contributed by atoms with E-state index in [1.807, 2.05) is 18.2 Å². The predicted molar refractivity (Wildman–Crippen MR) is 89.7 cm³/mol. The lowest BCUT2D eigenvalue weighted by atomic mass is 9.78. The molecule has 0 aliphatic heterocycles. The lowest BCUT2D eigenvalue weighted by molar-refractivity contribution is 0.110. The van der Waals surface area contributed by atoms with Crippen LogP contribution in [0.4, 0.5) is 0 Å². The third-order valence-corrected chi connectivity index (χ3v) is 4.56. The fourth-order valence-electron chi connectivity index (χ4n) is 1.90. The summed E-state index contributed by atoms with van der Waals surface area (Å²) >= 11 is 3.50. The average Bonchev–Trinajstić information content (AvgIpc) is 2.39. The summed E-state index contributed by atoms with van der Waals surface area (Å²) in [5.74, 6) is 1.20. The summed E-state index contributed by atoms with van der Waals surface area (Å²) in [4.78, 5) is 0. The maximum atomic E-state index is 10.4. The molecule has 0 spiro atoms. The number of hydrogen-bond acceptors (Lipinski definition) is 3. The Morgan fingerprint density at radius 2 is 1.90 bits per heavy atom. The number of methoxy groups -OCH3 is 1. The molecule has 3 nitrogen and oxygen atoms in total. The van der Waals surface area contributed by atoms with Crippen molar-refractivity contribution < 1.29 is 14.6 Å². The van der Waals surface area contributed by atoms with Crippen LogP contribution in [0.3, 0.4) is 0 Å². The van der Waals surface area contributed by atoms with E-state index >= 15 is 0 Å². The Balaban J connectivity index is 2.69. The minimum absolute atomic E-state index is 0.196. The number of aliphatic hydroxyl groups is 1. The second-order valence-corrected chi connectivity index (χ2v) is 7.40. The lowest BCUT2D eigenvalue weighted by Gasteiger charge is -2.29. The molecule has 1 aromatic carbocycles. The summed E-state index contributed by atoms with van der Waals surface area (Å²) in [5.41, 5.74) is 1.11. The van der Waals surface area contributed by atoms with Crippen LogP contribution < -0.4 is 4.74 Å². The molecule has 0 radical (unpaired) electrons. The van der Waals surface area contributed by atoms with Crippen LogP contribution >= 0.6 is 15.9 Å². The highest BCUT2D eigenvalue weighted by atomic mass is 79.9. The Morgan fingerprint density at radius 1 is 1.24 bits per heavy atom. The molecule has 1 N–H and O–H groups in total. The van der Waals surface area contributed by atoms with E-state index in [1.54, 1.807) is 7.11 Å². The maximum absolute atomic E-state index is 10.4. The summed E-state index contributed by atoms with van der Waals surface area (Å²) in [6.45, 7) is 9.85. The highest BCUT2D eigenvalue weighted by molar-refractivity contribution is 9.10. The van der Waals surface area contributed by atoms with Crippen LogP contribution in [0.2, 0.25) is 0 Å². The van der Waals surface area contributed by atoms with Gasteiger partial charge < -0.3 is 14.6 Å². The van der Waals surface area contributed by atoms with Gasteiger partial charge >= 0.3 is 0 Å². The second-order valence-electron chi connectivity index (χ2n) is 6.55. The van der Waals surface area contributed by atoms with Crippen LogP contribution in [0.1, 0.15) is 45.8 Å². The Bertz CT molecular complexity index is 440. The molecular formula is C17H27BrO3. The SMILES string of the molecule is COCCOc1ccc(C(O)CC(C)C(C)(C)C)cc1Br. The summed E-state index contributed by atoms with van der Waals surface area (Å²) in [6, 6.07) is 5.75. The van der Waals surface area contributed by atoms with Gasteiger partial charge in [-0.25, -0.2) is 0 Å². The number of aliphatic hydroxyl groups excluding tert-OH is 1. The van der Waals surface area contributed by atoms with Crippen LogP contribution in [-0.2, 0) is 4.74 Å². The van der Waals surface area contributed by atoms with Crippen molar-refractivity contribution in [2.24, 2.45) is 11.3 Å². The minimum atomic E-state index is -0.455. The molecule has 0 heterocycles. The van der Waals surface area contributed by atoms with Gasteiger partial charge in [-0.05, 0) is 51.4 Å². The van der Waals surface area contributed by atoms with Gasteiger partial charge in [-0.2, -0.15) is 0 Å². The second kappa shape index (κ2) is 8.16. The first-order valence-corrected chi connectivity index (χ1v) is 8.14.